The molecule has 110 valence electrons. The second kappa shape index (κ2) is 5.32. The van der Waals surface area contributed by atoms with Gasteiger partial charge in [-0.3, -0.25) is 9.69 Å². The van der Waals surface area contributed by atoms with E-state index < -0.39 is 5.97 Å². The number of fused-ring (bicyclic) bond motifs is 1. The van der Waals surface area contributed by atoms with E-state index in [-0.39, 0.29) is 24.9 Å². The number of carbonyl (C=O) groups is 1. The first-order chi connectivity index (χ1) is 9.29. The Balaban J connectivity index is 2.27. The van der Waals surface area contributed by atoms with Crippen molar-refractivity contribution < 1.29 is 19.4 Å². The van der Waals surface area contributed by atoms with Crippen molar-refractivity contribution in [3.63, 3.8) is 0 Å². The minimum atomic E-state index is -0.826. The average Bonchev–Trinajstić information content (AvgIpc) is 2.80. The summed E-state index contributed by atoms with van der Waals surface area (Å²) in [6.45, 7) is 8.29. The molecule has 1 aliphatic heterocycles. The van der Waals surface area contributed by atoms with Crippen LogP contribution in [0, 0.1) is 0 Å². The SMILES string of the molecule is CC(c1ccc2c(c1)OCO2)N(CC(=O)O)C(C)(C)C. The molecule has 0 bridgehead atoms. The third-order valence-electron chi connectivity index (χ3n) is 3.51. The van der Waals surface area contributed by atoms with E-state index in [1.54, 1.807) is 0 Å². The number of hydrogen-bond donors (Lipinski definition) is 1. The first-order valence-corrected chi connectivity index (χ1v) is 6.67. The molecule has 0 amide bonds. The molecular weight excluding hydrogens is 258 g/mol. The molecule has 5 heteroatoms. The third-order valence-corrected chi connectivity index (χ3v) is 3.51. The fourth-order valence-electron chi connectivity index (χ4n) is 2.45. The van der Waals surface area contributed by atoms with Crippen LogP contribution in [0.4, 0.5) is 0 Å². The molecule has 1 unspecified atom stereocenters. The van der Waals surface area contributed by atoms with Crippen LogP contribution in [0.25, 0.3) is 0 Å². The van der Waals surface area contributed by atoms with E-state index in [4.69, 9.17) is 14.6 Å². The van der Waals surface area contributed by atoms with Crippen LogP contribution in [0.5, 0.6) is 11.5 Å². The second-order valence-electron chi connectivity index (χ2n) is 5.98. The number of carboxylic acids is 1. The topological polar surface area (TPSA) is 59.0 Å². The summed E-state index contributed by atoms with van der Waals surface area (Å²) in [5.74, 6) is 0.632. The average molecular weight is 279 g/mol. The van der Waals surface area contributed by atoms with Gasteiger partial charge in [0.1, 0.15) is 0 Å². The lowest BCUT2D eigenvalue weighted by molar-refractivity contribution is -0.140. The maximum absolute atomic E-state index is 11.1. The molecule has 1 atom stereocenters. The van der Waals surface area contributed by atoms with Crippen molar-refractivity contribution in [2.24, 2.45) is 0 Å². The molecule has 0 spiro atoms. The zero-order valence-electron chi connectivity index (χ0n) is 12.3. The standard InChI is InChI=1S/C15H21NO4/c1-10(16(8-14(17)18)15(2,3)4)11-5-6-12-13(7-11)20-9-19-12/h5-7,10H,8-9H2,1-4H3,(H,17,18). The molecule has 0 aliphatic carbocycles. The van der Waals surface area contributed by atoms with Gasteiger partial charge < -0.3 is 14.6 Å². The largest absolute Gasteiger partial charge is 0.480 e. The van der Waals surface area contributed by atoms with Gasteiger partial charge in [-0.2, -0.15) is 0 Å². The molecule has 1 N–H and O–H groups in total. The summed E-state index contributed by atoms with van der Waals surface area (Å²) in [6, 6.07) is 5.72. The molecule has 0 aromatic heterocycles. The molecule has 1 aromatic carbocycles. The fourth-order valence-corrected chi connectivity index (χ4v) is 2.45. The maximum atomic E-state index is 11.1. The normalized spacial score (nSPS) is 15.4. The van der Waals surface area contributed by atoms with Crippen molar-refractivity contribution >= 4 is 5.97 Å². The Labute approximate surface area is 119 Å². The van der Waals surface area contributed by atoms with Gasteiger partial charge in [-0.1, -0.05) is 6.07 Å². The van der Waals surface area contributed by atoms with Gasteiger partial charge in [0.25, 0.3) is 0 Å². The lowest BCUT2D eigenvalue weighted by Crippen LogP contribution is -2.45. The Morgan fingerprint density at radius 1 is 1.35 bits per heavy atom. The maximum Gasteiger partial charge on any atom is 0.317 e. The zero-order chi connectivity index (χ0) is 14.9. The van der Waals surface area contributed by atoms with Gasteiger partial charge in [-0.15, -0.1) is 0 Å². The molecule has 0 saturated heterocycles. The molecule has 1 heterocycles. The van der Waals surface area contributed by atoms with E-state index in [1.807, 2.05) is 50.8 Å². The monoisotopic (exact) mass is 279 g/mol. The van der Waals surface area contributed by atoms with E-state index in [0.717, 1.165) is 17.1 Å². The molecule has 20 heavy (non-hydrogen) atoms. The van der Waals surface area contributed by atoms with E-state index >= 15 is 0 Å². The van der Waals surface area contributed by atoms with Crippen molar-refractivity contribution in [1.29, 1.82) is 0 Å². The predicted molar refractivity (Wildman–Crippen MR) is 75.1 cm³/mol. The van der Waals surface area contributed by atoms with Gasteiger partial charge in [-0.05, 0) is 45.4 Å². The number of rotatable bonds is 4. The van der Waals surface area contributed by atoms with E-state index in [9.17, 15) is 4.79 Å². The minimum Gasteiger partial charge on any atom is -0.480 e. The Hall–Kier alpha value is -1.75. The highest BCUT2D eigenvalue weighted by Gasteiger charge is 2.29. The smallest absolute Gasteiger partial charge is 0.317 e. The summed E-state index contributed by atoms with van der Waals surface area (Å²) in [5.41, 5.74) is 0.777. The number of nitrogens with zero attached hydrogens (tertiary/aromatic N) is 1. The highest BCUT2D eigenvalue weighted by molar-refractivity contribution is 5.69. The first-order valence-electron chi connectivity index (χ1n) is 6.67. The van der Waals surface area contributed by atoms with Crippen LogP contribution in [0.3, 0.4) is 0 Å². The van der Waals surface area contributed by atoms with E-state index in [1.165, 1.54) is 0 Å². The van der Waals surface area contributed by atoms with Gasteiger partial charge in [0.2, 0.25) is 6.79 Å². The molecule has 5 nitrogen and oxygen atoms in total. The lowest BCUT2D eigenvalue weighted by Gasteiger charge is -2.39. The van der Waals surface area contributed by atoms with Crippen molar-refractivity contribution in [2.75, 3.05) is 13.3 Å². The van der Waals surface area contributed by atoms with Crippen molar-refractivity contribution in [1.82, 2.24) is 4.90 Å². The third kappa shape index (κ3) is 3.04. The predicted octanol–water partition coefficient (Wildman–Crippen LogP) is 2.66. The van der Waals surface area contributed by atoms with Crippen molar-refractivity contribution in [3.8, 4) is 11.5 Å². The summed E-state index contributed by atoms with van der Waals surface area (Å²) in [7, 11) is 0. The molecule has 0 radical (unpaired) electrons. The van der Waals surface area contributed by atoms with Crippen LogP contribution in [-0.2, 0) is 4.79 Å². The molecule has 1 aromatic rings. The summed E-state index contributed by atoms with van der Waals surface area (Å²) < 4.78 is 10.7. The van der Waals surface area contributed by atoms with Crippen LogP contribution in [0.1, 0.15) is 39.3 Å². The quantitative estimate of drug-likeness (QED) is 0.918. The van der Waals surface area contributed by atoms with E-state index in [2.05, 4.69) is 0 Å². The summed E-state index contributed by atoms with van der Waals surface area (Å²) in [5, 5.41) is 9.11. The number of hydrogen-bond acceptors (Lipinski definition) is 4. The first kappa shape index (κ1) is 14.7. The second-order valence-corrected chi connectivity index (χ2v) is 5.98. The summed E-state index contributed by atoms with van der Waals surface area (Å²) >= 11 is 0. The molecule has 2 rings (SSSR count). The lowest BCUT2D eigenvalue weighted by atomic mass is 9.98. The van der Waals surface area contributed by atoms with Crippen molar-refractivity contribution in [2.45, 2.75) is 39.3 Å². The van der Waals surface area contributed by atoms with Crippen LogP contribution >= 0.6 is 0 Å². The summed E-state index contributed by atoms with van der Waals surface area (Å²) in [6.07, 6.45) is 0. The zero-order valence-corrected chi connectivity index (χ0v) is 12.3. The molecular formula is C15H21NO4. The Bertz CT molecular complexity index is 507. The number of ether oxygens (including phenoxy) is 2. The van der Waals surface area contributed by atoms with Crippen molar-refractivity contribution in [3.05, 3.63) is 23.8 Å². The Kier molecular flexibility index (Phi) is 3.90. The molecule has 0 fully saturated rings. The van der Waals surface area contributed by atoms with Gasteiger partial charge in [0, 0.05) is 11.6 Å². The van der Waals surface area contributed by atoms with Gasteiger partial charge >= 0.3 is 5.97 Å². The fraction of sp³-hybridized carbons (Fsp3) is 0.533. The van der Waals surface area contributed by atoms with Crippen LogP contribution in [0.15, 0.2) is 18.2 Å². The van der Waals surface area contributed by atoms with Gasteiger partial charge in [0.15, 0.2) is 11.5 Å². The Morgan fingerprint density at radius 3 is 2.60 bits per heavy atom. The number of benzene rings is 1. The Morgan fingerprint density at radius 2 is 2.00 bits per heavy atom. The van der Waals surface area contributed by atoms with Crippen LogP contribution < -0.4 is 9.47 Å². The highest BCUT2D eigenvalue weighted by Crippen LogP contribution is 2.36. The molecule has 0 saturated carbocycles. The summed E-state index contributed by atoms with van der Waals surface area (Å²) in [4.78, 5) is 13.0. The number of carboxylic acid groups (broad SMARTS) is 1. The van der Waals surface area contributed by atoms with Crippen LogP contribution in [0.2, 0.25) is 0 Å². The van der Waals surface area contributed by atoms with E-state index in [0.29, 0.717) is 0 Å². The molecule has 1 aliphatic rings. The highest BCUT2D eigenvalue weighted by atomic mass is 16.7. The van der Waals surface area contributed by atoms with Gasteiger partial charge in [-0.25, -0.2) is 0 Å². The minimum absolute atomic E-state index is 0.000884. The number of aliphatic carboxylic acids is 1. The van der Waals surface area contributed by atoms with Gasteiger partial charge in [0.05, 0.1) is 6.54 Å². The van der Waals surface area contributed by atoms with Crippen LogP contribution in [-0.4, -0.2) is 34.9 Å².